The first-order valence-corrected chi connectivity index (χ1v) is 8.08. The van der Waals surface area contributed by atoms with Gasteiger partial charge in [-0.05, 0) is 56.4 Å². The smallest absolute Gasteiger partial charge is 0.272 e. The average Bonchev–Trinajstić information content (AvgIpc) is 2.54. The van der Waals surface area contributed by atoms with Crippen LogP contribution >= 0.6 is 0 Å². The van der Waals surface area contributed by atoms with Crippen molar-refractivity contribution in [2.24, 2.45) is 0 Å². The number of anilines is 2. The number of carbonyl (C=O) groups is 1. The fraction of sp³-hybridized carbons (Fsp3) is 0.389. The van der Waals surface area contributed by atoms with Crippen molar-refractivity contribution in [1.29, 1.82) is 0 Å². The van der Waals surface area contributed by atoms with Crippen molar-refractivity contribution < 1.29 is 4.79 Å². The van der Waals surface area contributed by atoms with Gasteiger partial charge in [0, 0.05) is 24.8 Å². The zero-order valence-electron chi connectivity index (χ0n) is 13.7. The first-order chi connectivity index (χ1) is 11.1. The van der Waals surface area contributed by atoms with E-state index in [9.17, 15) is 4.79 Å². The van der Waals surface area contributed by atoms with Crippen molar-refractivity contribution in [1.82, 2.24) is 14.9 Å². The quantitative estimate of drug-likeness (QED) is 0.943. The molecule has 1 N–H and O–H groups in total. The predicted molar refractivity (Wildman–Crippen MR) is 91.0 cm³/mol. The number of nitrogens with zero attached hydrogens (tertiary/aromatic N) is 3. The molecule has 0 aliphatic carbocycles. The molecule has 5 nitrogen and oxygen atoms in total. The largest absolute Gasteiger partial charge is 0.340 e. The van der Waals surface area contributed by atoms with E-state index in [1.807, 2.05) is 4.90 Å². The van der Waals surface area contributed by atoms with Gasteiger partial charge in [-0.15, -0.1) is 0 Å². The Labute approximate surface area is 136 Å². The lowest BCUT2D eigenvalue weighted by atomic mass is 10.1. The second-order valence-corrected chi connectivity index (χ2v) is 6.14. The molecule has 1 fully saturated rings. The van der Waals surface area contributed by atoms with Gasteiger partial charge < -0.3 is 10.2 Å². The van der Waals surface area contributed by atoms with E-state index in [2.05, 4.69) is 47.3 Å². The van der Waals surface area contributed by atoms with Crippen LogP contribution in [0, 0.1) is 13.8 Å². The third-order valence-electron chi connectivity index (χ3n) is 4.02. The molecule has 23 heavy (non-hydrogen) atoms. The summed E-state index contributed by atoms with van der Waals surface area (Å²) in [4.78, 5) is 22.8. The van der Waals surface area contributed by atoms with Gasteiger partial charge in [-0.2, -0.15) is 0 Å². The summed E-state index contributed by atoms with van der Waals surface area (Å²) < 4.78 is 0. The lowest BCUT2D eigenvalue weighted by Gasteiger charge is -2.26. The van der Waals surface area contributed by atoms with E-state index < -0.39 is 0 Å². The molecule has 1 aliphatic heterocycles. The Hall–Kier alpha value is -2.43. The fourth-order valence-electron chi connectivity index (χ4n) is 3.00. The molecular weight excluding hydrogens is 288 g/mol. The molecule has 120 valence electrons. The second kappa shape index (κ2) is 6.77. The molecule has 3 rings (SSSR count). The monoisotopic (exact) mass is 310 g/mol. The number of hydrogen-bond acceptors (Lipinski definition) is 4. The van der Waals surface area contributed by atoms with Crippen LogP contribution in [0.4, 0.5) is 11.5 Å². The highest BCUT2D eigenvalue weighted by atomic mass is 16.2. The van der Waals surface area contributed by atoms with E-state index in [-0.39, 0.29) is 5.91 Å². The Morgan fingerprint density at radius 2 is 1.70 bits per heavy atom. The van der Waals surface area contributed by atoms with E-state index in [1.165, 1.54) is 23.9 Å². The molecule has 5 heteroatoms. The van der Waals surface area contributed by atoms with E-state index in [0.717, 1.165) is 31.6 Å². The summed E-state index contributed by atoms with van der Waals surface area (Å²) in [6.45, 7) is 5.76. The predicted octanol–water partition coefficient (Wildman–Crippen LogP) is 3.46. The van der Waals surface area contributed by atoms with Crippen LogP contribution in [-0.4, -0.2) is 33.9 Å². The van der Waals surface area contributed by atoms with Crippen LogP contribution in [0.25, 0.3) is 0 Å². The summed E-state index contributed by atoms with van der Waals surface area (Å²) in [7, 11) is 0. The van der Waals surface area contributed by atoms with E-state index in [4.69, 9.17) is 0 Å². The molecule has 1 aromatic heterocycles. The Kier molecular flexibility index (Phi) is 4.55. The van der Waals surface area contributed by atoms with Crippen LogP contribution in [0.5, 0.6) is 0 Å². The molecule has 1 amide bonds. The van der Waals surface area contributed by atoms with Crippen LogP contribution in [0.1, 0.15) is 40.9 Å². The summed E-state index contributed by atoms with van der Waals surface area (Å²) in [6.07, 6.45) is 4.80. The SMILES string of the molecule is Cc1cc(C)cc(Nc2cc(C(=O)N3CCCCC3)ncn2)c1. The van der Waals surface area contributed by atoms with E-state index in [0.29, 0.717) is 11.5 Å². The van der Waals surface area contributed by atoms with Crippen molar-refractivity contribution in [3.63, 3.8) is 0 Å². The summed E-state index contributed by atoms with van der Waals surface area (Å²) >= 11 is 0. The number of hydrogen-bond donors (Lipinski definition) is 1. The standard InChI is InChI=1S/C18H22N4O/c1-13-8-14(2)10-15(9-13)21-17-11-16(19-12-20-17)18(23)22-6-4-3-5-7-22/h8-12H,3-7H2,1-2H3,(H,19,20,21). The van der Waals surface area contributed by atoms with Crippen molar-refractivity contribution >= 4 is 17.4 Å². The maximum atomic E-state index is 12.5. The molecular formula is C18H22N4O. The normalized spacial score (nSPS) is 14.6. The molecule has 2 heterocycles. The molecule has 1 aromatic carbocycles. The molecule has 0 radical (unpaired) electrons. The number of benzene rings is 1. The minimum absolute atomic E-state index is 0.00410. The van der Waals surface area contributed by atoms with E-state index >= 15 is 0 Å². The Morgan fingerprint density at radius 1 is 1.00 bits per heavy atom. The molecule has 1 saturated heterocycles. The third-order valence-corrected chi connectivity index (χ3v) is 4.02. The van der Waals surface area contributed by atoms with Crippen molar-refractivity contribution in [3.8, 4) is 0 Å². The van der Waals surface area contributed by atoms with Crippen LogP contribution in [0.2, 0.25) is 0 Å². The summed E-state index contributed by atoms with van der Waals surface area (Å²) in [5.74, 6) is 0.640. The zero-order chi connectivity index (χ0) is 16.2. The van der Waals surface area contributed by atoms with Gasteiger partial charge in [0.05, 0.1) is 0 Å². The van der Waals surface area contributed by atoms with Crippen LogP contribution in [-0.2, 0) is 0 Å². The van der Waals surface area contributed by atoms with Gasteiger partial charge in [0.25, 0.3) is 5.91 Å². The van der Waals surface area contributed by atoms with Crippen LogP contribution in [0.3, 0.4) is 0 Å². The van der Waals surface area contributed by atoms with Gasteiger partial charge in [-0.1, -0.05) is 6.07 Å². The van der Waals surface area contributed by atoms with Gasteiger partial charge in [-0.3, -0.25) is 4.79 Å². The molecule has 0 spiro atoms. The molecule has 2 aromatic rings. The van der Waals surface area contributed by atoms with Gasteiger partial charge in [0.2, 0.25) is 0 Å². The highest BCUT2D eigenvalue weighted by Crippen LogP contribution is 2.19. The van der Waals surface area contributed by atoms with E-state index in [1.54, 1.807) is 6.07 Å². The molecule has 1 aliphatic rings. The number of aryl methyl sites for hydroxylation is 2. The molecule has 0 unspecified atom stereocenters. The molecule has 0 bridgehead atoms. The minimum Gasteiger partial charge on any atom is -0.340 e. The summed E-state index contributed by atoms with van der Waals surface area (Å²) in [5, 5.41) is 3.26. The number of piperidine rings is 1. The Morgan fingerprint density at radius 3 is 2.39 bits per heavy atom. The lowest BCUT2D eigenvalue weighted by molar-refractivity contribution is 0.0718. The maximum absolute atomic E-state index is 12.5. The van der Waals surface area contributed by atoms with Gasteiger partial charge >= 0.3 is 0 Å². The Bertz CT molecular complexity index is 688. The summed E-state index contributed by atoms with van der Waals surface area (Å²) in [5.41, 5.74) is 3.80. The number of carbonyl (C=O) groups excluding carboxylic acids is 1. The Balaban J connectivity index is 1.77. The number of aromatic nitrogens is 2. The first kappa shape index (κ1) is 15.5. The summed E-state index contributed by atoms with van der Waals surface area (Å²) in [6, 6.07) is 7.97. The number of amides is 1. The molecule has 0 atom stereocenters. The second-order valence-electron chi connectivity index (χ2n) is 6.14. The number of rotatable bonds is 3. The first-order valence-electron chi connectivity index (χ1n) is 8.08. The van der Waals surface area contributed by atoms with Gasteiger partial charge in [0.15, 0.2) is 0 Å². The van der Waals surface area contributed by atoms with Crippen molar-refractivity contribution in [2.75, 3.05) is 18.4 Å². The fourth-order valence-corrected chi connectivity index (χ4v) is 3.00. The molecule has 0 saturated carbocycles. The van der Waals surface area contributed by atoms with Gasteiger partial charge in [0.1, 0.15) is 17.8 Å². The average molecular weight is 310 g/mol. The third kappa shape index (κ3) is 3.86. The van der Waals surface area contributed by atoms with Crippen LogP contribution in [0.15, 0.2) is 30.6 Å². The number of nitrogens with one attached hydrogen (secondary N) is 1. The minimum atomic E-state index is -0.00410. The highest BCUT2D eigenvalue weighted by Gasteiger charge is 2.19. The van der Waals surface area contributed by atoms with Crippen LogP contribution < -0.4 is 5.32 Å². The highest BCUT2D eigenvalue weighted by molar-refractivity contribution is 5.93. The lowest BCUT2D eigenvalue weighted by Crippen LogP contribution is -2.36. The zero-order valence-corrected chi connectivity index (χ0v) is 13.7. The topological polar surface area (TPSA) is 58.1 Å². The van der Waals surface area contributed by atoms with Gasteiger partial charge in [-0.25, -0.2) is 9.97 Å². The maximum Gasteiger partial charge on any atom is 0.272 e. The van der Waals surface area contributed by atoms with Crippen molar-refractivity contribution in [2.45, 2.75) is 33.1 Å². The van der Waals surface area contributed by atoms with Crippen molar-refractivity contribution in [3.05, 3.63) is 47.4 Å². The number of likely N-dealkylation sites (tertiary alicyclic amines) is 1.